The van der Waals surface area contributed by atoms with Crippen molar-refractivity contribution in [1.29, 1.82) is 0 Å². The number of aromatic nitrogens is 4. The lowest BCUT2D eigenvalue weighted by Gasteiger charge is -2.09. The van der Waals surface area contributed by atoms with Crippen LogP contribution in [0.5, 0.6) is 0 Å². The largest absolute Gasteiger partial charge is 0.323 e. The lowest BCUT2D eigenvalue weighted by Crippen LogP contribution is -2.19. The Morgan fingerprint density at radius 3 is 2.56 bits per heavy atom. The fourth-order valence-electron chi connectivity index (χ4n) is 2.63. The van der Waals surface area contributed by atoms with Gasteiger partial charge in [-0.2, -0.15) is 9.61 Å². The number of hydrogen-bond donors (Lipinski definition) is 2. The van der Waals surface area contributed by atoms with Crippen LogP contribution in [0.4, 0.5) is 20.6 Å². The van der Waals surface area contributed by atoms with Crippen LogP contribution in [0, 0.1) is 12.7 Å². The molecular weight excluding hydrogens is 347 g/mol. The van der Waals surface area contributed by atoms with E-state index in [0.717, 1.165) is 11.3 Å². The first-order valence-corrected chi connectivity index (χ1v) is 8.21. The Hall–Kier alpha value is -3.81. The Morgan fingerprint density at radius 2 is 1.74 bits per heavy atom. The van der Waals surface area contributed by atoms with Gasteiger partial charge in [0.25, 0.3) is 0 Å². The van der Waals surface area contributed by atoms with Crippen LogP contribution in [0.1, 0.15) is 5.82 Å². The second-order valence-corrected chi connectivity index (χ2v) is 5.90. The molecule has 8 heteroatoms. The Bertz CT molecular complexity index is 1120. The van der Waals surface area contributed by atoms with Crippen LogP contribution >= 0.6 is 0 Å². The van der Waals surface area contributed by atoms with Gasteiger partial charge in [0.1, 0.15) is 5.82 Å². The summed E-state index contributed by atoms with van der Waals surface area (Å²) >= 11 is 0. The van der Waals surface area contributed by atoms with E-state index in [0.29, 0.717) is 22.8 Å². The predicted octanol–water partition coefficient (Wildman–Crippen LogP) is 3.88. The number of benzene rings is 2. The highest BCUT2D eigenvalue weighted by atomic mass is 19.1. The zero-order valence-electron chi connectivity index (χ0n) is 14.3. The van der Waals surface area contributed by atoms with Gasteiger partial charge in [0.05, 0.1) is 5.69 Å². The van der Waals surface area contributed by atoms with Crippen molar-refractivity contribution in [3.63, 3.8) is 0 Å². The molecule has 27 heavy (non-hydrogen) atoms. The van der Waals surface area contributed by atoms with E-state index in [1.165, 1.54) is 24.3 Å². The van der Waals surface area contributed by atoms with Crippen LogP contribution in [0.15, 0.2) is 60.7 Å². The molecule has 2 aromatic heterocycles. The standard InChI is InChI=1S/C19H15FN6O/c1-12-23-24-18-10-9-17(25-26(12)18)13-3-2-4-16(11-13)22-19(27)21-15-7-5-14(20)6-8-15/h2-11H,1H3,(H2,21,22,27). The minimum Gasteiger partial charge on any atom is -0.308 e. The molecule has 0 spiro atoms. The Kier molecular flexibility index (Phi) is 4.21. The zero-order chi connectivity index (χ0) is 18.8. The summed E-state index contributed by atoms with van der Waals surface area (Å²) in [5, 5.41) is 17.9. The van der Waals surface area contributed by atoms with Gasteiger partial charge >= 0.3 is 6.03 Å². The molecule has 2 heterocycles. The SMILES string of the molecule is Cc1nnc2ccc(-c3cccc(NC(=O)Nc4ccc(F)cc4)c3)nn12. The van der Waals surface area contributed by atoms with Crippen molar-refractivity contribution in [2.75, 3.05) is 10.6 Å². The molecule has 4 rings (SSSR count). The molecule has 0 radical (unpaired) electrons. The van der Waals surface area contributed by atoms with Crippen LogP contribution in [0.2, 0.25) is 0 Å². The van der Waals surface area contributed by atoms with Crippen LogP contribution in [0.3, 0.4) is 0 Å². The van der Waals surface area contributed by atoms with Crippen molar-refractivity contribution in [2.45, 2.75) is 6.92 Å². The molecule has 0 fully saturated rings. The number of fused-ring (bicyclic) bond motifs is 1. The molecule has 2 aromatic carbocycles. The normalized spacial score (nSPS) is 10.7. The molecule has 4 aromatic rings. The molecule has 2 N–H and O–H groups in total. The summed E-state index contributed by atoms with van der Waals surface area (Å²) in [7, 11) is 0. The van der Waals surface area contributed by atoms with E-state index in [1.807, 2.05) is 37.3 Å². The number of carbonyl (C=O) groups is 1. The van der Waals surface area contributed by atoms with Gasteiger partial charge in [-0.1, -0.05) is 12.1 Å². The van der Waals surface area contributed by atoms with E-state index in [-0.39, 0.29) is 5.82 Å². The summed E-state index contributed by atoms with van der Waals surface area (Å²) in [6.07, 6.45) is 0. The van der Waals surface area contributed by atoms with Crippen molar-refractivity contribution in [3.05, 3.63) is 72.3 Å². The average molecular weight is 362 g/mol. The van der Waals surface area contributed by atoms with Crippen LogP contribution in [-0.2, 0) is 0 Å². The Labute approximate surface area is 153 Å². The number of halogens is 1. The molecule has 0 aliphatic heterocycles. The van der Waals surface area contributed by atoms with Crippen molar-refractivity contribution >= 4 is 23.1 Å². The van der Waals surface area contributed by atoms with Gasteiger partial charge in [0.15, 0.2) is 11.5 Å². The van der Waals surface area contributed by atoms with E-state index in [4.69, 9.17) is 0 Å². The molecule has 0 bridgehead atoms. The third-order valence-electron chi connectivity index (χ3n) is 3.94. The third kappa shape index (κ3) is 3.59. The maximum Gasteiger partial charge on any atom is 0.323 e. The molecule has 0 unspecified atom stereocenters. The number of amides is 2. The van der Waals surface area contributed by atoms with E-state index in [1.54, 1.807) is 10.6 Å². The molecule has 0 atom stereocenters. The maximum atomic E-state index is 12.9. The summed E-state index contributed by atoms with van der Waals surface area (Å²) in [6, 6.07) is 16.1. The summed E-state index contributed by atoms with van der Waals surface area (Å²) < 4.78 is 14.6. The van der Waals surface area contributed by atoms with Crippen LogP contribution in [0.25, 0.3) is 16.9 Å². The minimum atomic E-state index is -0.420. The van der Waals surface area contributed by atoms with E-state index in [2.05, 4.69) is 25.9 Å². The second-order valence-electron chi connectivity index (χ2n) is 5.90. The molecule has 0 aliphatic carbocycles. The number of aryl methyl sites for hydroxylation is 1. The summed E-state index contributed by atoms with van der Waals surface area (Å²) in [5.74, 6) is 0.335. The second kappa shape index (κ2) is 6.83. The number of nitrogens with zero attached hydrogens (tertiary/aromatic N) is 4. The summed E-state index contributed by atoms with van der Waals surface area (Å²) in [6.45, 7) is 1.83. The van der Waals surface area contributed by atoms with Crippen molar-refractivity contribution in [2.24, 2.45) is 0 Å². The molecule has 0 saturated heterocycles. The van der Waals surface area contributed by atoms with Crippen LogP contribution in [-0.4, -0.2) is 25.8 Å². The van der Waals surface area contributed by atoms with Gasteiger partial charge in [-0.15, -0.1) is 10.2 Å². The Balaban J connectivity index is 1.53. The molecule has 134 valence electrons. The van der Waals surface area contributed by atoms with Gasteiger partial charge in [-0.05, 0) is 55.5 Å². The monoisotopic (exact) mass is 362 g/mol. The van der Waals surface area contributed by atoms with Crippen molar-refractivity contribution < 1.29 is 9.18 Å². The first-order chi connectivity index (χ1) is 13.1. The first-order valence-electron chi connectivity index (χ1n) is 8.21. The molecule has 7 nitrogen and oxygen atoms in total. The van der Waals surface area contributed by atoms with Crippen molar-refractivity contribution in [1.82, 2.24) is 19.8 Å². The topological polar surface area (TPSA) is 84.2 Å². The highest BCUT2D eigenvalue weighted by Gasteiger charge is 2.08. The molecular formula is C19H15FN6O. The number of nitrogens with one attached hydrogen (secondary N) is 2. The highest BCUT2D eigenvalue weighted by molar-refractivity contribution is 6.00. The number of hydrogen-bond acceptors (Lipinski definition) is 4. The first kappa shape index (κ1) is 16.6. The van der Waals surface area contributed by atoms with Gasteiger partial charge in [-0.3, -0.25) is 0 Å². The lowest BCUT2D eigenvalue weighted by atomic mass is 10.1. The summed E-state index contributed by atoms with van der Waals surface area (Å²) in [5.41, 5.74) is 3.34. The van der Waals surface area contributed by atoms with Crippen molar-refractivity contribution in [3.8, 4) is 11.3 Å². The lowest BCUT2D eigenvalue weighted by molar-refractivity contribution is 0.262. The van der Waals surface area contributed by atoms with E-state index >= 15 is 0 Å². The van der Waals surface area contributed by atoms with Gasteiger partial charge in [-0.25, -0.2) is 9.18 Å². The summed E-state index contributed by atoms with van der Waals surface area (Å²) in [4.78, 5) is 12.1. The van der Waals surface area contributed by atoms with Gasteiger partial charge in [0, 0.05) is 16.9 Å². The zero-order valence-corrected chi connectivity index (χ0v) is 14.3. The van der Waals surface area contributed by atoms with E-state index in [9.17, 15) is 9.18 Å². The van der Waals surface area contributed by atoms with Crippen LogP contribution < -0.4 is 10.6 Å². The van der Waals surface area contributed by atoms with E-state index < -0.39 is 6.03 Å². The quantitative estimate of drug-likeness (QED) is 0.579. The average Bonchev–Trinajstić information content (AvgIpc) is 3.04. The smallest absolute Gasteiger partial charge is 0.308 e. The third-order valence-corrected chi connectivity index (χ3v) is 3.94. The molecule has 0 aliphatic rings. The number of anilines is 2. The number of urea groups is 1. The molecule has 2 amide bonds. The molecule has 0 saturated carbocycles. The van der Waals surface area contributed by atoms with Gasteiger partial charge in [0.2, 0.25) is 0 Å². The maximum absolute atomic E-state index is 12.9. The fourth-order valence-corrected chi connectivity index (χ4v) is 2.63. The predicted molar refractivity (Wildman–Crippen MR) is 100.0 cm³/mol. The van der Waals surface area contributed by atoms with Gasteiger partial charge < -0.3 is 10.6 Å². The highest BCUT2D eigenvalue weighted by Crippen LogP contribution is 2.21. The Morgan fingerprint density at radius 1 is 0.963 bits per heavy atom. The number of rotatable bonds is 3. The minimum absolute atomic E-state index is 0.360. The fraction of sp³-hybridized carbons (Fsp3) is 0.0526. The number of carbonyl (C=O) groups excluding carboxylic acids is 1.